The number of fused-ring (bicyclic) bond motifs is 13. The monoisotopic (exact) mass is 728 g/mol. The molecule has 2 atom stereocenters. The number of benzene rings is 6. The summed E-state index contributed by atoms with van der Waals surface area (Å²) in [4.78, 5) is 2.64. The van der Waals surface area contributed by atoms with Crippen molar-refractivity contribution in [2.75, 3.05) is 4.90 Å². The highest BCUT2D eigenvalue weighted by Gasteiger charge is 2.46. The standard InChI is InChI=1S/C50H36N2S2/c1-30-22-23-33(43(28-30)51-40-18-7-3-16-38(40)46-42(51)25-24-36-34-14-5-9-20-44(34)53-48(36)46)31-12-11-13-32(29-31)52-41-19-8-4-17-39(41)47-49-37(26-27-50(47,52)2)35-15-6-10-21-45(35)54-49/h3-26,29-30H,27-28H2,1-2H3. The first-order valence-corrected chi connectivity index (χ1v) is 20.7. The summed E-state index contributed by atoms with van der Waals surface area (Å²) in [6, 6.07) is 50.0. The lowest BCUT2D eigenvalue weighted by molar-refractivity contribution is 0.619. The van der Waals surface area contributed by atoms with E-state index < -0.39 is 0 Å². The smallest absolute Gasteiger partial charge is 0.0729 e. The van der Waals surface area contributed by atoms with E-state index in [1.165, 1.54) is 101 Å². The number of nitrogens with zero attached hydrogens (tertiary/aromatic N) is 2. The molecule has 0 N–H and O–H groups in total. The van der Waals surface area contributed by atoms with Crippen LogP contribution in [0.3, 0.4) is 0 Å². The minimum absolute atomic E-state index is 0.202. The van der Waals surface area contributed by atoms with Gasteiger partial charge < -0.3 is 9.47 Å². The van der Waals surface area contributed by atoms with Gasteiger partial charge in [-0.15, -0.1) is 22.7 Å². The van der Waals surface area contributed by atoms with Crippen LogP contribution in [0.4, 0.5) is 11.4 Å². The van der Waals surface area contributed by atoms with E-state index >= 15 is 0 Å². The Labute approximate surface area is 321 Å². The van der Waals surface area contributed by atoms with Crippen LogP contribution in [-0.2, 0) is 0 Å². The van der Waals surface area contributed by atoms with E-state index in [4.69, 9.17) is 0 Å². The predicted octanol–water partition coefficient (Wildman–Crippen LogP) is 12.6. The van der Waals surface area contributed by atoms with Crippen LogP contribution in [0.1, 0.15) is 37.8 Å². The van der Waals surface area contributed by atoms with Crippen LogP contribution in [0.25, 0.3) is 75.0 Å². The average molecular weight is 729 g/mol. The minimum Gasteiger partial charge on any atom is -0.331 e. The van der Waals surface area contributed by atoms with E-state index in [1.54, 1.807) is 0 Å². The second-order valence-corrected chi connectivity index (χ2v) is 17.6. The maximum Gasteiger partial charge on any atom is 0.0729 e. The zero-order chi connectivity index (χ0) is 35.7. The van der Waals surface area contributed by atoms with E-state index in [0.717, 1.165) is 12.8 Å². The van der Waals surface area contributed by atoms with Gasteiger partial charge in [-0.25, -0.2) is 0 Å². The first-order valence-electron chi connectivity index (χ1n) is 19.0. The van der Waals surface area contributed by atoms with E-state index in [9.17, 15) is 0 Å². The van der Waals surface area contributed by atoms with Gasteiger partial charge in [-0.2, -0.15) is 0 Å². The largest absolute Gasteiger partial charge is 0.331 e. The molecule has 3 aliphatic rings. The molecular formula is C50H36N2S2. The van der Waals surface area contributed by atoms with Crippen molar-refractivity contribution in [3.8, 4) is 0 Å². The third-order valence-electron chi connectivity index (χ3n) is 12.3. The Morgan fingerprint density at radius 2 is 1.44 bits per heavy atom. The molecule has 4 heterocycles. The Morgan fingerprint density at radius 3 is 2.33 bits per heavy atom. The molecule has 0 radical (unpaired) electrons. The van der Waals surface area contributed by atoms with E-state index in [2.05, 4.69) is 175 Å². The summed E-state index contributed by atoms with van der Waals surface area (Å²) >= 11 is 3.88. The number of aromatic nitrogens is 1. The van der Waals surface area contributed by atoms with Crippen molar-refractivity contribution in [1.82, 2.24) is 4.57 Å². The highest BCUT2D eigenvalue weighted by atomic mass is 32.1. The molecule has 3 aromatic heterocycles. The first-order chi connectivity index (χ1) is 26.6. The summed E-state index contributed by atoms with van der Waals surface area (Å²) in [6.45, 7) is 4.81. The van der Waals surface area contributed by atoms with Gasteiger partial charge in [0, 0.05) is 74.0 Å². The van der Waals surface area contributed by atoms with Crippen LogP contribution < -0.4 is 14.7 Å². The highest BCUT2D eigenvalue weighted by Crippen LogP contribution is 2.53. The van der Waals surface area contributed by atoms with Crippen molar-refractivity contribution in [1.29, 1.82) is 0 Å². The van der Waals surface area contributed by atoms with Gasteiger partial charge in [-0.3, -0.25) is 0 Å². The third kappa shape index (κ3) is 4.10. The molecule has 0 fully saturated rings. The van der Waals surface area contributed by atoms with Crippen LogP contribution in [-0.4, -0.2) is 10.1 Å². The number of thiophene rings is 2. The molecule has 2 nitrogen and oxygen atoms in total. The van der Waals surface area contributed by atoms with Crippen LogP contribution in [0.5, 0.6) is 0 Å². The zero-order valence-corrected chi connectivity index (χ0v) is 31.8. The predicted molar refractivity (Wildman–Crippen MR) is 234 cm³/mol. The summed E-state index contributed by atoms with van der Waals surface area (Å²) in [5.74, 6) is 0.436. The first kappa shape index (κ1) is 30.7. The van der Waals surface area contributed by atoms with Gasteiger partial charge in [0.25, 0.3) is 0 Å². The van der Waals surface area contributed by atoms with Gasteiger partial charge in [0.05, 0.1) is 16.6 Å². The van der Waals surface area contributed by atoms with Gasteiger partial charge in [0.1, 0.15) is 0 Å². The van der Waals surface area contributed by atoms with E-state index in [-0.39, 0.29) is 5.54 Å². The van der Waals surface area contributed by atoms with Crippen LogP contribution in [0, 0.1) is 5.92 Å². The molecule has 6 aromatic carbocycles. The van der Waals surface area contributed by atoms with Gasteiger partial charge in [0.2, 0.25) is 0 Å². The highest BCUT2D eigenvalue weighted by molar-refractivity contribution is 7.26. The molecule has 0 saturated carbocycles. The summed E-state index contributed by atoms with van der Waals surface area (Å²) in [5.41, 5.74) is 11.7. The molecule has 1 aliphatic heterocycles. The van der Waals surface area contributed by atoms with E-state index in [1.807, 2.05) is 22.7 Å². The fourth-order valence-electron chi connectivity index (χ4n) is 9.94. The summed E-state index contributed by atoms with van der Waals surface area (Å²) in [7, 11) is 0. The second kappa shape index (κ2) is 11.2. The zero-order valence-electron chi connectivity index (χ0n) is 30.1. The van der Waals surface area contributed by atoms with Crippen LogP contribution >= 0.6 is 22.7 Å². The lowest BCUT2D eigenvalue weighted by Crippen LogP contribution is -2.46. The molecule has 0 amide bonds. The van der Waals surface area contributed by atoms with Crippen molar-refractivity contribution in [2.24, 2.45) is 5.92 Å². The Bertz CT molecular complexity index is 3280. The summed E-state index contributed by atoms with van der Waals surface area (Å²) < 4.78 is 8.10. The van der Waals surface area contributed by atoms with E-state index in [0.29, 0.717) is 5.92 Å². The molecule has 12 rings (SSSR count). The SMILES string of the molecule is CC1C=CC(c2cccc(N3c4ccccc4C4=c5sc6ccccc6c5=CCC43C)c2)=C(n2c3ccccc3c3c4sc5ccccc5c4ccc32)C1. The molecule has 9 aromatic rings. The molecule has 4 heteroatoms. The van der Waals surface area contributed by atoms with Gasteiger partial charge in [0.15, 0.2) is 0 Å². The van der Waals surface area contributed by atoms with Crippen molar-refractivity contribution < 1.29 is 0 Å². The Morgan fingerprint density at radius 1 is 0.685 bits per heavy atom. The van der Waals surface area contributed by atoms with Crippen molar-refractivity contribution in [3.63, 3.8) is 0 Å². The molecule has 2 aliphatic carbocycles. The van der Waals surface area contributed by atoms with Crippen molar-refractivity contribution in [2.45, 2.75) is 32.2 Å². The number of rotatable bonds is 3. The number of hydrogen-bond acceptors (Lipinski definition) is 3. The molecule has 0 bridgehead atoms. The number of para-hydroxylation sites is 2. The molecule has 258 valence electrons. The fourth-order valence-corrected chi connectivity index (χ4v) is 12.6. The van der Waals surface area contributed by atoms with Crippen LogP contribution in [0.15, 0.2) is 146 Å². The summed E-state index contributed by atoms with van der Waals surface area (Å²) in [5, 5.41) is 8.17. The topological polar surface area (TPSA) is 8.17 Å². The maximum absolute atomic E-state index is 2.64. The lowest BCUT2D eigenvalue weighted by Gasteiger charge is -2.39. The summed E-state index contributed by atoms with van der Waals surface area (Å²) in [6.07, 6.45) is 9.23. The quantitative estimate of drug-likeness (QED) is 0.176. The minimum atomic E-state index is -0.202. The number of anilines is 2. The Balaban J connectivity index is 1.08. The normalized spacial score (nSPS) is 19.3. The maximum atomic E-state index is 2.64. The van der Waals surface area contributed by atoms with Crippen molar-refractivity contribution >= 4 is 109 Å². The fraction of sp³-hybridized carbons (Fsp3) is 0.120. The van der Waals surface area contributed by atoms with Gasteiger partial charge in [-0.05, 0) is 84.3 Å². The lowest BCUT2D eigenvalue weighted by atomic mass is 9.83. The number of hydrogen-bond donors (Lipinski definition) is 0. The average Bonchev–Trinajstić information content (AvgIpc) is 3.93. The van der Waals surface area contributed by atoms with Gasteiger partial charge in [-0.1, -0.05) is 116 Å². The molecular weight excluding hydrogens is 693 g/mol. The van der Waals surface area contributed by atoms with Crippen LogP contribution in [0.2, 0.25) is 0 Å². The van der Waals surface area contributed by atoms with Crippen molar-refractivity contribution in [3.05, 3.63) is 166 Å². The Hall–Kier alpha value is -5.68. The Kier molecular flexibility index (Phi) is 6.36. The third-order valence-corrected chi connectivity index (χ3v) is 14.7. The molecule has 2 unspecified atom stereocenters. The number of allylic oxidation sites excluding steroid dienone is 4. The second-order valence-electron chi connectivity index (χ2n) is 15.5. The molecule has 54 heavy (non-hydrogen) atoms. The van der Waals surface area contributed by atoms with Gasteiger partial charge >= 0.3 is 0 Å². The molecule has 0 spiro atoms. The molecule has 0 saturated heterocycles.